The van der Waals surface area contributed by atoms with E-state index in [1.807, 2.05) is 12.1 Å². The second-order valence-electron chi connectivity index (χ2n) is 4.35. The molecule has 1 amide bonds. The van der Waals surface area contributed by atoms with Crippen LogP contribution in [-0.4, -0.2) is 25.6 Å². The van der Waals surface area contributed by atoms with Gasteiger partial charge in [-0.2, -0.15) is 0 Å². The van der Waals surface area contributed by atoms with Crippen LogP contribution in [0.4, 0.5) is 5.69 Å². The lowest BCUT2D eigenvalue weighted by Crippen LogP contribution is -2.42. The molecule has 16 heavy (non-hydrogen) atoms. The van der Waals surface area contributed by atoms with Crippen LogP contribution in [-0.2, 0) is 4.79 Å². The molecule has 2 heterocycles. The maximum absolute atomic E-state index is 11.8. The number of ether oxygens (including phenoxy) is 1. The number of carbonyl (C=O) groups excluding carboxylic acids is 1. The number of likely N-dealkylation sites (N-methyl/N-ethyl adjacent to an activating group) is 1. The summed E-state index contributed by atoms with van der Waals surface area (Å²) in [5.74, 6) is 0.799. The standard InChI is InChI=1S/C12H14N2O2/c1-7-12(15)14(2)10-5-8(9-6-13-9)3-4-11(10)16-7/h3-5,7,9,13H,6H2,1-2H3. The molecule has 1 fully saturated rings. The zero-order chi connectivity index (χ0) is 11.3. The Morgan fingerprint density at radius 2 is 2.25 bits per heavy atom. The second kappa shape index (κ2) is 3.22. The van der Waals surface area contributed by atoms with E-state index in [-0.39, 0.29) is 12.0 Å². The van der Waals surface area contributed by atoms with Gasteiger partial charge in [-0.15, -0.1) is 0 Å². The van der Waals surface area contributed by atoms with Crippen molar-refractivity contribution < 1.29 is 9.53 Å². The summed E-state index contributed by atoms with van der Waals surface area (Å²) in [7, 11) is 1.80. The minimum atomic E-state index is -0.387. The van der Waals surface area contributed by atoms with E-state index in [2.05, 4.69) is 11.4 Å². The molecule has 84 valence electrons. The van der Waals surface area contributed by atoms with Crippen LogP contribution >= 0.6 is 0 Å². The summed E-state index contributed by atoms with van der Waals surface area (Å²) in [6.45, 7) is 2.80. The molecule has 2 aliphatic rings. The summed E-state index contributed by atoms with van der Waals surface area (Å²) in [5.41, 5.74) is 2.09. The van der Waals surface area contributed by atoms with E-state index in [0.717, 1.165) is 18.0 Å². The zero-order valence-corrected chi connectivity index (χ0v) is 9.36. The summed E-state index contributed by atoms with van der Waals surface area (Å²) in [5, 5.41) is 3.25. The Balaban J connectivity index is 2.03. The van der Waals surface area contributed by atoms with Gasteiger partial charge in [-0.3, -0.25) is 4.79 Å². The molecule has 0 aromatic heterocycles. The topological polar surface area (TPSA) is 51.5 Å². The third kappa shape index (κ3) is 1.38. The summed E-state index contributed by atoms with van der Waals surface area (Å²) in [6, 6.07) is 6.49. The maximum atomic E-state index is 11.8. The van der Waals surface area contributed by atoms with Crippen molar-refractivity contribution in [2.45, 2.75) is 19.1 Å². The minimum Gasteiger partial charge on any atom is -0.479 e. The summed E-state index contributed by atoms with van der Waals surface area (Å²) >= 11 is 0. The van der Waals surface area contributed by atoms with Crippen molar-refractivity contribution >= 4 is 11.6 Å². The molecule has 2 unspecified atom stereocenters. The molecule has 1 aromatic rings. The third-order valence-electron chi connectivity index (χ3n) is 3.14. The van der Waals surface area contributed by atoms with Gasteiger partial charge in [-0.25, -0.2) is 0 Å². The molecule has 4 heteroatoms. The Labute approximate surface area is 94.2 Å². The van der Waals surface area contributed by atoms with E-state index in [9.17, 15) is 4.79 Å². The van der Waals surface area contributed by atoms with Crippen LogP contribution in [0, 0.1) is 0 Å². The first-order valence-electron chi connectivity index (χ1n) is 5.48. The van der Waals surface area contributed by atoms with Gasteiger partial charge in [0.05, 0.1) is 5.69 Å². The van der Waals surface area contributed by atoms with Crippen molar-refractivity contribution in [1.82, 2.24) is 5.32 Å². The zero-order valence-electron chi connectivity index (χ0n) is 9.36. The number of hydrogen-bond acceptors (Lipinski definition) is 3. The Bertz CT molecular complexity index is 454. The van der Waals surface area contributed by atoms with Crippen molar-refractivity contribution in [1.29, 1.82) is 0 Å². The van der Waals surface area contributed by atoms with Gasteiger partial charge in [-0.1, -0.05) is 6.07 Å². The predicted molar refractivity (Wildman–Crippen MR) is 60.7 cm³/mol. The fraction of sp³-hybridized carbons (Fsp3) is 0.417. The number of nitrogens with one attached hydrogen (secondary N) is 1. The number of benzene rings is 1. The van der Waals surface area contributed by atoms with Gasteiger partial charge in [0, 0.05) is 19.6 Å². The maximum Gasteiger partial charge on any atom is 0.267 e. The van der Waals surface area contributed by atoms with Crippen molar-refractivity contribution in [2.24, 2.45) is 0 Å². The van der Waals surface area contributed by atoms with Crippen LogP contribution in [0.15, 0.2) is 18.2 Å². The van der Waals surface area contributed by atoms with Gasteiger partial charge >= 0.3 is 0 Å². The Kier molecular flexibility index (Phi) is 1.94. The minimum absolute atomic E-state index is 0.00778. The highest BCUT2D eigenvalue weighted by Gasteiger charge is 2.30. The van der Waals surface area contributed by atoms with E-state index in [1.165, 1.54) is 5.56 Å². The SMILES string of the molecule is CC1Oc2ccc(C3CN3)cc2N(C)C1=O. The highest BCUT2D eigenvalue weighted by molar-refractivity contribution is 5.99. The van der Waals surface area contributed by atoms with E-state index in [4.69, 9.17) is 4.74 Å². The van der Waals surface area contributed by atoms with Crippen molar-refractivity contribution in [3.63, 3.8) is 0 Å². The molecular weight excluding hydrogens is 204 g/mol. The smallest absolute Gasteiger partial charge is 0.267 e. The molecule has 2 aliphatic heterocycles. The van der Waals surface area contributed by atoms with Crippen LogP contribution in [0.1, 0.15) is 18.5 Å². The first-order chi connectivity index (χ1) is 7.66. The van der Waals surface area contributed by atoms with Gasteiger partial charge in [-0.05, 0) is 24.6 Å². The lowest BCUT2D eigenvalue weighted by Gasteiger charge is -2.30. The van der Waals surface area contributed by atoms with E-state index >= 15 is 0 Å². The molecule has 0 saturated carbocycles. The fourth-order valence-electron chi connectivity index (χ4n) is 2.04. The molecule has 1 N–H and O–H groups in total. The average molecular weight is 218 g/mol. The van der Waals surface area contributed by atoms with Crippen molar-refractivity contribution in [2.75, 3.05) is 18.5 Å². The molecule has 0 aliphatic carbocycles. The number of anilines is 1. The number of nitrogens with zero attached hydrogens (tertiary/aromatic N) is 1. The molecule has 1 saturated heterocycles. The van der Waals surface area contributed by atoms with Crippen molar-refractivity contribution in [3.05, 3.63) is 23.8 Å². The first kappa shape index (κ1) is 9.66. The van der Waals surface area contributed by atoms with Gasteiger partial charge in [0.1, 0.15) is 5.75 Å². The number of carbonyl (C=O) groups is 1. The highest BCUT2D eigenvalue weighted by atomic mass is 16.5. The number of hydrogen-bond donors (Lipinski definition) is 1. The Morgan fingerprint density at radius 3 is 2.94 bits per heavy atom. The normalized spacial score (nSPS) is 27.4. The first-order valence-corrected chi connectivity index (χ1v) is 5.48. The van der Waals surface area contributed by atoms with Crippen LogP contribution in [0.25, 0.3) is 0 Å². The lowest BCUT2D eigenvalue weighted by molar-refractivity contribution is -0.125. The fourth-order valence-corrected chi connectivity index (χ4v) is 2.04. The molecule has 0 spiro atoms. The molecule has 0 bridgehead atoms. The molecule has 1 aromatic carbocycles. The quantitative estimate of drug-likeness (QED) is 0.717. The van der Waals surface area contributed by atoms with Crippen molar-refractivity contribution in [3.8, 4) is 5.75 Å². The van der Waals surface area contributed by atoms with Crippen LogP contribution in [0.5, 0.6) is 5.75 Å². The monoisotopic (exact) mass is 218 g/mol. The summed E-state index contributed by atoms with van der Waals surface area (Å²) < 4.78 is 5.56. The Morgan fingerprint density at radius 1 is 1.50 bits per heavy atom. The van der Waals surface area contributed by atoms with E-state index in [0.29, 0.717) is 6.04 Å². The Hall–Kier alpha value is -1.55. The molecule has 0 radical (unpaired) electrons. The molecular formula is C12H14N2O2. The number of rotatable bonds is 1. The average Bonchev–Trinajstić information content (AvgIpc) is 3.10. The molecule has 4 nitrogen and oxygen atoms in total. The number of fused-ring (bicyclic) bond motifs is 1. The van der Waals surface area contributed by atoms with Gasteiger partial charge < -0.3 is 15.0 Å². The van der Waals surface area contributed by atoms with Gasteiger partial charge in [0.25, 0.3) is 5.91 Å². The third-order valence-corrected chi connectivity index (χ3v) is 3.14. The van der Waals surface area contributed by atoms with Gasteiger partial charge in [0.15, 0.2) is 6.10 Å². The summed E-state index contributed by atoms with van der Waals surface area (Å²) in [4.78, 5) is 13.4. The van der Waals surface area contributed by atoms with Crippen LogP contribution in [0.3, 0.4) is 0 Å². The molecule has 2 atom stereocenters. The summed E-state index contributed by atoms with van der Waals surface area (Å²) in [6.07, 6.45) is -0.387. The second-order valence-corrected chi connectivity index (χ2v) is 4.35. The van der Waals surface area contributed by atoms with E-state index < -0.39 is 0 Å². The predicted octanol–water partition coefficient (Wildman–Crippen LogP) is 1.07. The van der Waals surface area contributed by atoms with E-state index in [1.54, 1.807) is 18.9 Å². The lowest BCUT2D eigenvalue weighted by atomic mass is 10.1. The van der Waals surface area contributed by atoms with Crippen LogP contribution < -0.4 is 15.0 Å². The van der Waals surface area contributed by atoms with Crippen LogP contribution in [0.2, 0.25) is 0 Å². The largest absolute Gasteiger partial charge is 0.479 e. The highest BCUT2D eigenvalue weighted by Crippen LogP contribution is 2.36. The molecule has 3 rings (SSSR count). The van der Waals surface area contributed by atoms with Gasteiger partial charge in [0.2, 0.25) is 0 Å². The number of amides is 1.